The van der Waals surface area contributed by atoms with Crippen LogP contribution in [0.4, 0.5) is 0 Å². The van der Waals surface area contributed by atoms with E-state index in [1.165, 1.54) is 0 Å². The minimum absolute atomic E-state index is 0.363. The fourth-order valence-electron chi connectivity index (χ4n) is 1.62. The molecule has 0 rings (SSSR count). The first kappa shape index (κ1) is 12.4. The minimum Gasteiger partial charge on any atom is -0.384 e. The van der Waals surface area contributed by atoms with Gasteiger partial charge in [0.25, 0.3) is 0 Å². The molecule has 0 aromatic rings. The number of rotatable bonds is 4. The van der Waals surface area contributed by atoms with Crippen LogP contribution < -0.4 is 0 Å². The second-order valence-electron chi connectivity index (χ2n) is 4.56. The first-order chi connectivity index (χ1) is 5.43. The highest BCUT2D eigenvalue weighted by Crippen LogP contribution is 2.33. The quantitative estimate of drug-likeness (QED) is 0.681. The zero-order valence-corrected chi connectivity index (χ0v) is 10.4. The third-order valence-electron chi connectivity index (χ3n) is 2.40. The van der Waals surface area contributed by atoms with Crippen molar-refractivity contribution in [1.29, 1.82) is 0 Å². The Labute approximate surface area is 85.0 Å². The van der Waals surface area contributed by atoms with E-state index in [9.17, 15) is 0 Å². The lowest BCUT2D eigenvalue weighted by Gasteiger charge is -2.33. The van der Waals surface area contributed by atoms with Gasteiger partial charge in [-0.1, -0.05) is 43.6 Å². The Balaban J connectivity index is 4.14. The fourth-order valence-corrected chi connectivity index (χ4v) is 3.23. The molecule has 0 amide bonds. The summed E-state index contributed by atoms with van der Waals surface area (Å²) in [5, 5.41) is 1.06. The zero-order chi connectivity index (χ0) is 9.78. The smallest absolute Gasteiger partial charge is 0.0490 e. The molecule has 74 valence electrons. The van der Waals surface area contributed by atoms with Crippen molar-refractivity contribution in [3.05, 3.63) is 0 Å². The monoisotopic (exact) mass is 236 g/mol. The van der Waals surface area contributed by atoms with Gasteiger partial charge in [-0.05, 0) is 17.3 Å². The zero-order valence-electron chi connectivity index (χ0n) is 8.86. The van der Waals surface area contributed by atoms with Gasteiger partial charge in [-0.15, -0.1) is 0 Å². The Morgan fingerprint density at radius 3 is 2.08 bits per heavy atom. The number of alkyl halides is 1. The number of methoxy groups -OCH3 is 1. The third-order valence-corrected chi connectivity index (χ3v) is 3.09. The molecule has 0 saturated heterocycles. The molecule has 2 unspecified atom stereocenters. The Hall–Kier alpha value is 0.440. The van der Waals surface area contributed by atoms with E-state index in [0.717, 1.165) is 11.9 Å². The van der Waals surface area contributed by atoms with Gasteiger partial charge in [-0.2, -0.15) is 0 Å². The SMILES string of the molecule is COCC(C)C(CBr)C(C)(C)C. The van der Waals surface area contributed by atoms with Crippen LogP contribution in [0.3, 0.4) is 0 Å². The van der Waals surface area contributed by atoms with Gasteiger partial charge < -0.3 is 4.74 Å². The molecule has 0 N–H and O–H groups in total. The lowest BCUT2D eigenvalue weighted by Crippen LogP contribution is -2.30. The Kier molecular flexibility index (Phi) is 5.42. The third kappa shape index (κ3) is 3.90. The van der Waals surface area contributed by atoms with Gasteiger partial charge in [0.05, 0.1) is 0 Å². The van der Waals surface area contributed by atoms with Crippen LogP contribution in [0, 0.1) is 17.3 Å². The Bertz CT molecular complexity index is 117. The molecule has 0 aromatic heterocycles. The summed E-state index contributed by atoms with van der Waals surface area (Å²) in [5.74, 6) is 1.30. The van der Waals surface area contributed by atoms with Gasteiger partial charge in [0, 0.05) is 19.0 Å². The van der Waals surface area contributed by atoms with Crippen molar-refractivity contribution in [2.24, 2.45) is 17.3 Å². The van der Waals surface area contributed by atoms with Crippen molar-refractivity contribution in [3.63, 3.8) is 0 Å². The summed E-state index contributed by atoms with van der Waals surface area (Å²) >= 11 is 3.57. The van der Waals surface area contributed by atoms with Crippen molar-refractivity contribution in [1.82, 2.24) is 0 Å². The molecule has 2 atom stereocenters. The first-order valence-electron chi connectivity index (χ1n) is 4.48. The Morgan fingerprint density at radius 2 is 1.83 bits per heavy atom. The summed E-state index contributed by atoms with van der Waals surface area (Å²) < 4.78 is 5.16. The summed E-state index contributed by atoms with van der Waals surface area (Å²) in [6, 6.07) is 0. The summed E-state index contributed by atoms with van der Waals surface area (Å²) in [4.78, 5) is 0. The predicted molar refractivity (Wildman–Crippen MR) is 57.8 cm³/mol. The van der Waals surface area contributed by atoms with Gasteiger partial charge in [-0.3, -0.25) is 0 Å². The van der Waals surface area contributed by atoms with Crippen molar-refractivity contribution < 1.29 is 4.74 Å². The van der Waals surface area contributed by atoms with Crippen molar-refractivity contribution in [2.45, 2.75) is 27.7 Å². The topological polar surface area (TPSA) is 9.23 Å². The minimum atomic E-state index is 0.363. The van der Waals surface area contributed by atoms with E-state index in [1.54, 1.807) is 7.11 Å². The van der Waals surface area contributed by atoms with Crippen LogP contribution in [0.25, 0.3) is 0 Å². The van der Waals surface area contributed by atoms with Crippen molar-refractivity contribution in [2.75, 3.05) is 19.0 Å². The molecular formula is C10H21BrO. The van der Waals surface area contributed by atoms with Crippen molar-refractivity contribution in [3.8, 4) is 0 Å². The first-order valence-corrected chi connectivity index (χ1v) is 5.60. The van der Waals surface area contributed by atoms with Gasteiger partial charge in [0.2, 0.25) is 0 Å². The van der Waals surface area contributed by atoms with Crippen LogP contribution in [0.2, 0.25) is 0 Å². The second kappa shape index (κ2) is 5.23. The largest absolute Gasteiger partial charge is 0.384 e. The highest BCUT2D eigenvalue weighted by Gasteiger charge is 2.28. The van der Waals surface area contributed by atoms with Gasteiger partial charge in [-0.25, -0.2) is 0 Å². The number of hydrogen-bond donors (Lipinski definition) is 0. The van der Waals surface area contributed by atoms with Crippen LogP contribution in [0.15, 0.2) is 0 Å². The molecule has 1 nitrogen and oxygen atoms in total. The number of halogens is 1. The molecule has 0 saturated carbocycles. The van der Waals surface area contributed by atoms with E-state index in [4.69, 9.17) is 4.74 Å². The maximum Gasteiger partial charge on any atom is 0.0490 e. The van der Waals surface area contributed by atoms with Crippen LogP contribution in [-0.2, 0) is 4.74 Å². The number of ether oxygens (including phenoxy) is 1. The van der Waals surface area contributed by atoms with Crippen LogP contribution >= 0.6 is 15.9 Å². The molecule has 12 heavy (non-hydrogen) atoms. The summed E-state index contributed by atoms with van der Waals surface area (Å²) in [5.41, 5.74) is 0.363. The molecule has 0 radical (unpaired) electrons. The highest BCUT2D eigenvalue weighted by molar-refractivity contribution is 9.09. The lowest BCUT2D eigenvalue weighted by atomic mass is 9.75. The summed E-state index contributed by atoms with van der Waals surface area (Å²) in [6.07, 6.45) is 0. The lowest BCUT2D eigenvalue weighted by molar-refractivity contribution is 0.0931. The van der Waals surface area contributed by atoms with Crippen molar-refractivity contribution >= 4 is 15.9 Å². The summed E-state index contributed by atoms with van der Waals surface area (Å²) in [6.45, 7) is 9.95. The van der Waals surface area contributed by atoms with Crippen LogP contribution in [0.5, 0.6) is 0 Å². The van der Waals surface area contributed by atoms with E-state index in [2.05, 4.69) is 43.6 Å². The predicted octanol–water partition coefficient (Wildman–Crippen LogP) is 3.33. The standard InChI is InChI=1S/C10H21BrO/c1-8(7-12-5)9(6-11)10(2,3)4/h8-9H,6-7H2,1-5H3. The maximum absolute atomic E-state index is 5.16. The molecule has 0 spiro atoms. The average Bonchev–Trinajstić information content (AvgIpc) is 1.85. The normalized spacial score (nSPS) is 17.5. The maximum atomic E-state index is 5.16. The molecule has 0 bridgehead atoms. The molecule has 0 aliphatic rings. The molecule has 0 aliphatic carbocycles. The van der Waals surface area contributed by atoms with Gasteiger partial charge in [0.15, 0.2) is 0 Å². The Morgan fingerprint density at radius 1 is 1.33 bits per heavy atom. The molecule has 2 heteroatoms. The van der Waals surface area contributed by atoms with E-state index in [0.29, 0.717) is 17.3 Å². The molecule has 0 aromatic carbocycles. The van der Waals surface area contributed by atoms with Gasteiger partial charge >= 0.3 is 0 Å². The molecule has 0 heterocycles. The molecule has 0 aliphatic heterocycles. The van der Waals surface area contributed by atoms with Crippen LogP contribution in [-0.4, -0.2) is 19.0 Å². The molecule has 0 fully saturated rings. The van der Waals surface area contributed by atoms with Gasteiger partial charge in [0.1, 0.15) is 0 Å². The molecular weight excluding hydrogens is 216 g/mol. The average molecular weight is 237 g/mol. The summed E-state index contributed by atoms with van der Waals surface area (Å²) in [7, 11) is 1.77. The number of hydrogen-bond acceptors (Lipinski definition) is 1. The van der Waals surface area contributed by atoms with E-state index in [-0.39, 0.29) is 0 Å². The fraction of sp³-hybridized carbons (Fsp3) is 1.00. The second-order valence-corrected chi connectivity index (χ2v) is 5.21. The highest BCUT2D eigenvalue weighted by atomic mass is 79.9. The van der Waals surface area contributed by atoms with E-state index in [1.807, 2.05) is 0 Å². The van der Waals surface area contributed by atoms with Crippen LogP contribution in [0.1, 0.15) is 27.7 Å². The van der Waals surface area contributed by atoms with E-state index < -0.39 is 0 Å². The van der Waals surface area contributed by atoms with E-state index >= 15 is 0 Å².